The maximum atomic E-state index is 13.9. The lowest BCUT2D eigenvalue weighted by atomic mass is 10.0. The van der Waals surface area contributed by atoms with Gasteiger partial charge in [0.15, 0.2) is 0 Å². The molecule has 1 aromatic heterocycles. The molecule has 1 saturated heterocycles. The molecule has 1 fully saturated rings. The number of pyridine rings is 1. The van der Waals surface area contributed by atoms with Gasteiger partial charge in [0.25, 0.3) is 0 Å². The molecule has 37 heavy (non-hydrogen) atoms. The summed E-state index contributed by atoms with van der Waals surface area (Å²) in [7, 11) is -2.48. The zero-order valence-corrected chi connectivity index (χ0v) is 21.5. The van der Waals surface area contributed by atoms with Crippen molar-refractivity contribution >= 4 is 32.4 Å². The SMILES string of the molecule is CN([C@@H](Cc1cc[c]cc1)C(=O)N1CCN(c2ccccc2)CC1)S(=O)(=O)c1cccc2cnccc12. The quantitative estimate of drug-likeness (QED) is 0.378. The number of amides is 1. The van der Waals surface area contributed by atoms with Crippen LogP contribution in [-0.2, 0) is 21.2 Å². The first kappa shape index (κ1) is 24.9. The van der Waals surface area contributed by atoms with Gasteiger partial charge < -0.3 is 9.80 Å². The summed E-state index contributed by atoms with van der Waals surface area (Å²) in [5.41, 5.74) is 2.00. The summed E-state index contributed by atoms with van der Waals surface area (Å²) in [6.45, 7) is 2.44. The molecule has 0 bridgehead atoms. The topological polar surface area (TPSA) is 73.8 Å². The molecule has 4 aromatic rings. The van der Waals surface area contributed by atoms with E-state index in [4.69, 9.17) is 0 Å². The Balaban J connectivity index is 1.43. The average Bonchev–Trinajstić information content (AvgIpc) is 2.96. The molecule has 1 atom stereocenters. The number of carbonyl (C=O) groups excluding carboxylic acids is 1. The number of sulfonamides is 1. The second kappa shape index (κ2) is 10.7. The Hall–Kier alpha value is -3.75. The predicted molar refractivity (Wildman–Crippen MR) is 145 cm³/mol. The maximum absolute atomic E-state index is 13.9. The van der Waals surface area contributed by atoms with Gasteiger partial charge >= 0.3 is 0 Å². The van der Waals surface area contributed by atoms with Crippen LogP contribution in [0.15, 0.2) is 96.2 Å². The van der Waals surface area contributed by atoms with E-state index in [1.165, 1.54) is 11.4 Å². The van der Waals surface area contributed by atoms with Crippen LogP contribution in [0.5, 0.6) is 0 Å². The molecule has 0 aliphatic carbocycles. The Morgan fingerprint density at radius 1 is 0.973 bits per heavy atom. The van der Waals surface area contributed by atoms with E-state index in [0.29, 0.717) is 31.6 Å². The van der Waals surface area contributed by atoms with E-state index in [0.717, 1.165) is 16.6 Å². The summed E-state index contributed by atoms with van der Waals surface area (Å²) in [6, 6.07) is 26.3. The lowest BCUT2D eigenvalue weighted by Gasteiger charge is -2.39. The number of hydrogen-bond acceptors (Lipinski definition) is 5. The van der Waals surface area contributed by atoms with Gasteiger partial charge in [-0.1, -0.05) is 54.6 Å². The first-order valence-electron chi connectivity index (χ1n) is 12.3. The second-order valence-corrected chi connectivity index (χ2v) is 11.1. The summed E-state index contributed by atoms with van der Waals surface area (Å²) < 4.78 is 29.1. The molecule has 5 rings (SSSR count). The van der Waals surface area contributed by atoms with Crippen molar-refractivity contribution in [1.82, 2.24) is 14.2 Å². The van der Waals surface area contributed by atoms with Crippen molar-refractivity contribution in [2.24, 2.45) is 0 Å². The van der Waals surface area contributed by atoms with Crippen LogP contribution in [0, 0.1) is 6.07 Å². The van der Waals surface area contributed by atoms with Crippen LogP contribution in [0.3, 0.4) is 0 Å². The van der Waals surface area contributed by atoms with Crippen LogP contribution in [0.2, 0.25) is 0 Å². The third kappa shape index (κ3) is 5.21. The molecule has 0 saturated carbocycles. The number of benzene rings is 3. The fourth-order valence-corrected chi connectivity index (χ4v) is 6.35. The molecule has 1 radical (unpaired) electrons. The van der Waals surface area contributed by atoms with E-state index < -0.39 is 16.1 Å². The average molecular weight is 514 g/mol. The number of aromatic nitrogens is 1. The van der Waals surface area contributed by atoms with Gasteiger partial charge in [-0.25, -0.2) is 8.42 Å². The van der Waals surface area contributed by atoms with E-state index >= 15 is 0 Å². The van der Waals surface area contributed by atoms with Crippen molar-refractivity contribution in [2.75, 3.05) is 38.1 Å². The summed E-state index contributed by atoms with van der Waals surface area (Å²) in [5, 5.41) is 1.32. The third-order valence-corrected chi connectivity index (χ3v) is 8.88. The molecule has 8 heteroatoms. The van der Waals surface area contributed by atoms with Gasteiger partial charge in [-0.15, -0.1) is 0 Å². The molecule has 1 amide bonds. The standard InChI is InChI=1S/C29H29N4O3S/c1-31(37(35,36)28-14-8-11-24-22-30-16-15-26(24)28)27(21-23-9-4-2-5-10-23)29(34)33-19-17-32(18-20-33)25-12-6-3-7-13-25/h3-16,22,27H,17-21H2,1H3/t27-/m0/s1. The highest BCUT2D eigenvalue weighted by molar-refractivity contribution is 7.89. The van der Waals surface area contributed by atoms with Crippen LogP contribution in [0.1, 0.15) is 5.56 Å². The van der Waals surface area contributed by atoms with Crippen molar-refractivity contribution < 1.29 is 13.2 Å². The van der Waals surface area contributed by atoms with Crippen molar-refractivity contribution in [1.29, 1.82) is 0 Å². The van der Waals surface area contributed by atoms with Gasteiger partial charge in [0, 0.05) is 62.1 Å². The molecule has 2 heterocycles. The first-order chi connectivity index (χ1) is 17.9. The first-order valence-corrected chi connectivity index (χ1v) is 13.7. The lowest BCUT2D eigenvalue weighted by Crippen LogP contribution is -2.56. The Kier molecular flexibility index (Phi) is 7.21. The number of hydrogen-bond donors (Lipinski definition) is 0. The van der Waals surface area contributed by atoms with Gasteiger partial charge in [0.2, 0.25) is 15.9 Å². The van der Waals surface area contributed by atoms with E-state index in [1.54, 1.807) is 47.6 Å². The highest BCUT2D eigenvalue weighted by Crippen LogP contribution is 2.27. The highest BCUT2D eigenvalue weighted by atomic mass is 32.2. The summed E-state index contributed by atoms with van der Waals surface area (Å²) in [6.07, 6.45) is 3.49. The Morgan fingerprint density at radius 2 is 1.70 bits per heavy atom. The smallest absolute Gasteiger partial charge is 0.244 e. The third-order valence-electron chi connectivity index (χ3n) is 6.95. The minimum Gasteiger partial charge on any atom is -0.368 e. The van der Waals surface area contributed by atoms with E-state index in [2.05, 4.69) is 28.1 Å². The number of piperazine rings is 1. The van der Waals surface area contributed by atoms with E-state index in [9.17, 15) is 13.2 Å². The Morgan fingerprint density at radius 3 is 2.43 bits per heavy atom. The number of fused-ring (bicyclic) bond motifs is 1. The van der Waals surface area contributed by atoms with E-state index in [1.807, 2.05) is 36.4 Å². The molecular formula is C29H29N4O3S. The highest BCUT2D eigenvalue weighted by Gasteiger charge is 2.37. The molecule has 1 aliphatic rings. The van der Waals surface area contributed by atoms with Crippen LogP contribution < -0.4 is 4.90 Å². The molecular weight excluding hydrogens is 484 g/mol. The Labute approximate surface area is 218 Å². The van der Waals surface area contributed by atoms with Crippen molar-refractivity contribution in [3.05, 3.63) is 103 Å². The fourth-order valence-electron chi connectivity index (χ4n) is 4.83. The maximum Gasteiger partial charge on any atom is 0.244 e. The van der Waals surface area contributed by atoms with Gasteiger partial charge in [-0.05, 0) is 42.3 Å². The second-order valence-electron chi connectivity index (χ2n) is 9.15. The Bertz CT molecular complexity index is 1470. The van der Waals surface area contributed by atoms with Gasteiger partial charge in [0.1, 0.15) is 6.04 Å². The summed E-state index contributed by atoms with van der Waals surface area (Å²) >= 11 is 0. The van der Waals surface area contributed by atoms with E-state index in [-0.39, 0.29) is 17.2 Å². The lowest BCUT2D eigenvalue weighted by molar-refractivity contribution is -0.135. The van der Waals surface area contributed by atoms with Crippen molar-refractivity contribution in [3.63, 3.8) is 0 Å². The minimum atomic E-state index is -3.98. The number of rotatable bonds is 7. The monoisotopic (exact) mass is 513 g/mol. The molecule has 0 spiro atoms. The molecule has 189 valence electrons. The van der Waals surface area contributed by atoms with Crippen molar-refractivity contribution in [2.45, 2.75) is 17.4 Å². The molecule has 0 N–H and O–H groups in total. The summed E-state index contributed by atoms with van der Waals surface area (Å²) in [5.74, 6) is -0.187. The zero-order valence-electron chi connectivity index (χ0n) is 20.7. The fraction of sp³-hybridized carbons (Fsp3) is 0.241. The van der Waals surface area contributed by atoms with Crippen LogP contribution in [-0.4, -0.2) is 67.8 Å². The van der Waals surface area contributed by atoms with Crippen LogP contribution in [0.4, 0.5) is 5.69 Å². The van der Waals surface area contributed by atoms with Crippen LogP contribution >= 0.6 is 0 Å². The number of carbonyl (C=O) groups is 1. The number of nitrogens with zero attached hydrogens (tertiary/aromatic N) is 4. The normalized spacial score (nSPS) is 15.2. The van der Waals surface area contributed by atoms with Crippen LogP contribution in [0.25, 0.3) is 10.8 Å². The summed E-state index contributed by atoms with van der Waals surface area (Å²) in [4.78, 5) is 22.2. The van der Waals surface area contributed by atoms with Gasteiger partial charge in [0.05, 0.1) is 4.90 Å². The molecule has 3 aromatic carbocycles. The molecule has 0 unspecified atom stereocenters. The minimum absolute atomic E-state index is 0.169. The van der Waals surface area contributed by atoms with Gasteiger partial charge in [-0.2, -0.15) is 4.31 Å². The zero-order chi connectivity index (χ0) is 25.8. The number of likely N-dealkylation sites (N-methyl/N-ethyl adjacent to an activating group) is 1. The van der Waals surface area contributed by atoms with Crippen molar-refractivity contribution in [3.8, 4) is 0 Å². The number of para-hydroxylation sites is 1. The predicted octanol–water partition coefficient (Wildman–Crippen LogP) is 3.62. The molecule has 7 nitrogen and oxygen atoms in total. The number of anilines is 1. The largest absolute Gasteiger partial charge is 0.368 e. The molecule has 1 aliphatic heterocycles. The van der Waals surface area contributed by atoms with Gasteiger partial charge in [-0.3, -0.25) is 9.78 Å².